The van der Waals surface area contributed by atoms with Crippen LogP contribution >= 0.6 is 0 Å². The lowest BCUT2D eigenvalue weighted by molar-refractivity contribution is -0.122. The van der Waals surface area contributed by atoms with E-state index in [4.69, 9.17) is 5.73 Å². The van der Waals surface area contributed by atoms with E-state index >= 15 is 0 Å². The van der Waals surface area contributed by atoms with Crippen LogP contribution in [0.15, 0.2) is 36.8 Å². The Hall–Kier alpha value is -2.18. The summed E-state index contributed by atoms with van der Waals surface area (Å²) in [4.78, 5) is 18.7. The maximum atomic E-state index is 12.2. The molecule has 0 radical (unpaired) electrons. The second kappa shape index (κ2) is 7.80. The van der Waals surface area contributed by atoms with Gasteiger partial charge in [-0.2, -0.15) is 0 Å². The summed E-state index contributed by atoms with van der Waals surface area (Å²) >= 11 is 0. The van der Waals surface area contributed by atoms with Gasteiger partial charge in [0.15, 0.2) is 0 Å². The second-order valence-electron chi connectivity index (χ2n) is 6.95. The van der Waals surface area contributed by atoms with Gasteiger partial charge in [-0.3, -0.25) is 9.69 Å². The highest BCUT2D eigenvalue weighted by Crippen LogP contribution is 2.24. The lowest BCUT2D eigenvalue weighted by atomic mass is 10.0. The van der Waals surface area contributed by atoms with E-state index in [9.17, 15) is 4.79 Å². The molecule has 2 atom stereocenters. The number of carbonyl (C=O) groups excluding carboxylic acids is 1. The minimum absolute atomic E-state index is 0.0228. The highest BCUT2D eigenvalue weighted by Gasteiger charge is 2.33. The number of nitrogens with two attached hydrogens (primary N) is 1. The minimum Gasteiger partial charge on any atom is -0.355 e. The van der Waals surface area contributed by atoms with E-state index in [0.717, 1.165) is 25.2 Å². The van der Waals surface area contributed by atoms with Crippen molar-refractivity contribution in [2.45, 2.75) is 25.3 Å². The number of rotatable bonds is 6. The maximum Gasteiger partial charge on any atom is 0.234 e. The summed E-state index contributed by atoms with van der Waals surface area (Å²) in [5.74, 6) is 0.253. The van der Waals surface area contributed by atoms with Gasteiger partial charge in [0.25, 0.3) is 0 Å². The Morgan fingerprint density at radius 2 is 2.16 bits per heavy atom. The summed E-state index contributed by atoms with van der Waals surface area (Å²) < 4.78 is 1.93. The number of hydrogen-bond acceptors (Lipinski definition) is 4. The molecule has 0 unspecified atom stereocenters. The number of nitrogens with zero attached hydrogens (tertiary/aromatic N) is 3. The predicted molar refractivity (Wildman–Crippen MR) is 98.3 cm³/mol. The standard InChI is InChI=1S/C19H27N5O/c1-14-5-3-4-6-15(14)7-8-21-19(25)12-24-9-16(17(20)10-24)18-11-23(2)13-22-18/h3-6,11,13,16-17H,7-10,12,20H2,1-2H3,(H,21,25)/t16-,17-/m1/s1. The fraction of sp³-hybridized carbons (Fsp3) is 0.474. The first-order valence-corrected chi connectivity index (χ1v) is 8.80. The van der Waals surface area contributed by atoms with E-state index in [1.54, 1.807) is 6.33 Å². The second-order valence-corrected chi connectivity index (χ2v) is 6.95. The van der Waals surface area contributed by atoms with Crippen LogP contribution in [-0.2, 0) is 18.3 Å². The molecule has 134 valence electrons. The molecule has 0 saturated carbocycles. The molecule has 1 amide bonds. The quantitative estimate of drug-likeness (QED) is 0.815. The molecule has 1 aliphatic heterocycles. The molecule has 2 aromatic rings. The first kappa shape index (κ1) is 17.6. The maximum absolute atomic E-state index is 12.2. The van der Waals surface area contributed by atoms with Crippen molar-refractivity contribution >= 4 is 5.91 Å². The number of aryl methyl sites for hydroxylation is 2. The molecule has 1 aromatic heterocycles. The molecule has 1 aromatic carbocycles. The number of benzene rings is 1. The fourth-order valence-electron chi connectivity index (χ4n) is 3.47. The SMILES string of the molecule is Cc1ccccc1CCNC(=O)CN1C[C@@H](N)[C@H](c2cn(C)cn2)C1. The zero-order chi connectivity index (χ0) is 17.8. The van der Waals surface area contributed by atoms with Gasteiger partial charge in [0.2, 0.25) is 5.91 Å². The first-order chi connectivity index (χ1) is 12.0. The lowest BCUT2D eigenvalue weighted by Gasteiger charge is -2.15. The summed E-state index contributed by atoms with van der Waals surface area (Å²) in [6.45, 7) is 4.66. The molecule has 0 aliphatic carbocycles. The Morgan fingerprint density at radius 3 is 2.88 bits per heavy atom. The van der Waals surface area contributed by atoms with Crippen LogP contribution in [0, 0.1) is 6.92 Å². The van der Waals surface area contributed by atoms with E-state index in [1.807, 2.05) is 29.9 Å². The van der Waals surface area contributed by atoms with Crippen molar-refractivity contribution < 1.29 is 4.79 Å². The normalized spacial score (nSPS) is 20.8. The number of nitrogens with one attached hydrogen (secondary N) is 1. The Kier molecular flexibility index (Phi) is 5.50. The zero-order valence-electron chi connectivity index (χ0n) is 15.0. The van der Waals surface area contributed by atoms with Gasteiger partial charge in [-0.05, 0) is 24.5 Å². The summed E-state index contributed by atoms with van der Waals surface area (Å²) in [5.41, 5.74) is 9.81. The van der Waals surface area contributed by atoms with Gasteiger partial charge < -0.3 is 15.6 Å². The third-order valence-electron chi connectivity index (χ3n) is 4.89. The number of hydrogen-bond donors (Lipinski definition) is 2. The molecule has 1 saturated heterocycles. The molecular weight excluding hydrogens is 314 g/mol. The molecule has 3 N–H and O–H groups in total. The Bertz CT molecular complexity index is 726. The monoisotopic (exact) mass is 341 g/mol. The molecule has 0 bridgehead atoms. The Labute approximate surface area is 149 Å². The van der Waals surface area contributed by atoms with E-state index in [2.05, 4.69) is 34.3 Å². The number of likely N-dealkylation sites (tertiary alicyclic amines) is 1. The number of carbonyl (C=O) groups is 1. The topological polar surface area (TPSA) is 76.2 Å². The van der Waals surface area contributed by atoms with Crippen LogP contribution in [0.5, 0.6) is 0 Å². The molecule has 2 heterocycles. The van der Waals surface area contributed by atoms with Crippen molar-refractivity contribution in [3.63, 3.8) is 0 Å². The van der Waals surface area contributed by atoms with Gasteiger partial charge in [0.1, 0.15) is 0 Å². The highest BCUT2D eigenvalue weighted by molar-refractivity contribution is 5.78. The summed E-state index contributed by atoms with van der Waals surface area (Å²) in [6.07, 6.45) is 4.66. The van der Waals surface area contributed by atoms with Crippen LogP contribution in [-0.4, -0.2) is 52.6 Å². The molecule has 6 nitrogen and oxygen atoms in total. The first-order valence-electron chi connectivity index (χ1n) is 8.80. The van der Waals surface area contributed by atoms with E-state index in [1.165, 1.54) is 11.1 Å². The summed E-state index contributed by atoms with van der Waals surface area (Å²) in [5, 5.41) is 3.02. The molecule has 0 spiro atoms. The van der Waals surface area contributed by atoms with Crippen LogP contribution in [0.4, 0.5) is 0 Å². The van der Waals surface area contributed by atoms with Crippen LogP contribution in [0.3, 0.4) is 0 Å². The van der Waals surface area contributed by atoms with Crippen LogP contribution in [0.25, 0.3) is 0 Å². The van der Waals surface area contributed by atoms with Crippen molar-refractivity contribution in [3.8, 4) is 0 Å². The Morgan fingerprint density at radius 1 is 1.36 bits per heavy atom. The molecule has 1 fully saturated rings. The number of imidazole rings is 1. The fourth-order valence-corrected chi connectivity index (χ4v) is 3.47. The van der Waals surface area contributed by atoms with Gasteiger partial charge >= 0.3 is 0 Å². The molecule has 3 rings (SSSR count). The average molecular weight is 341 g/mol. The van der Waals surface area contributed by atoms with Gasteiger partial charge in [-0.25, -0.2) is 4.98 Å². The smallest absolute Gasteiger partial charge is 0.234 e. The van der Waals surface area contributed by atoms with Crippen molar-refractivity contribution in [2.75, 3.05) is 26.2 Å². The molecule has 6 heteroatoms. The van der Waals surface area contributed by atoms with E-state index in [-0.39, 0.29) is 17.9 Å². The number of aromatic nitrogens is 2. The average Bonchev–Trinajstić information content (AvgIpc) is 3.15. The van der Waals surface area contributed by atoms with Crippen LogP contribution < -0.4 is 11.1 Å². The van der Waals surface area contributed by atoms with Gasteiger partial charge in [0, 0.05) is 44.8 Å². The van der Waals surface area contributed by atoms with Crippen molar-refractivity contribution in [3.05, 3.63) is 53.6 Å². The van der Waals surface area contributed by atoms with Crippen molar-refractivity contribution in [1.82, 2.24) is 19.8 Å². The summed E-state index contributed by atoms with van der Waals surface area (Å²) in [7, 11) is 1.96. The zero-order valence-corrected chi connectivity index (χ0v) is 15.0. The molecule has 25 heavy (non-hydrogen) atoms. The minimum atomic E-state index is 0.0228. The molecule has 1 aliphatic rings. The third-order valence-corrected chi connectivity index (χ3v) is 4.89. The number of amides is 1. The summed E-state index contributed by atoms with van der Waals surface area (Å²) in [6, 6.07) is 8.30. The largest absolute Gasteiger partial charge is 0.355 e. The van der Waals surface area contributed by atoms with E-state index < -0.39 is 0 Å². The molecular formula is C19H27N5O. The van der Waals surface area contributed by atoms with Crippen molar-refractivity contribution in [1.29, 1.82) is 0 Å². The van der Waals surface area contributed by atoms with Crippen molar-refractivity contribution in [2.24, 2.45) is 12.8 Å². The predicted octanol–water partition coefficient (Wildman–Crippen LogP) is 0.814. The van der Waals surface area contributed by atoms with Gasteiger partial charge in [-0.1, -0.05) is 24.3 Å². The Balaban J connectivity index is 1.45. The van der Waals surface area contributed by atoms with Gasteiger partial charge in [0.05, 0.1) is 18.6 Å². The van der Waals surface area contributed by atoms with Crippen LogP contribution in [0.2, 0.25) is 0 Å². The van der Waals surface area contributed by atoms with Gasteiger partial charge in [-0.15, -0.1) is 0 Å². The third kappa shape index (κ3) is 4.46. The lowest BCUT2D eigenvalue weighted by Crippen LogP contribution is -2.38. The highest BCUT2D eigenvalue weighted by atomic mass is 16.2. The van der Waals surface area contributed by atoms with E-state index in [0.29, 0.717) is 13.1 Å². The van der Waals surface area contributed by atoms with Crippen LogP contribution in [0.1, 0.15) is 22.7 Å².